The van der Waals surface area contributed by atoms with E-state index >= 15 is 0 Å². The van der Waals surface area contributed by atoms with E-state index in [0.29, 0.717) is 5.56 Å². The van der Waals surface area contributed by atoms with Crippen molar-refractivity contribution in [1.82, 2.24) is 0 Å². The summed E-state index contributed by atoms with van der Waals surface area (Å²) in [5.74, 6) is -5.06. The highest BCUT2D eigenvalue weighted by atomic mass is 16.7. The summed E-state index contributed by atoms with van der Waals surface area (Å²) in [6.07, 6.45) is -23.3. The predicted octanol–water partition coefficient (Wildman–Crippen LogP) is -1.62. The molecule has 4 aromatic rings. The first kappa shape index (κ1) is 47.3. The molecule has 7 rings (SSSR count). The van der Waals surface area contributed by atoms with E-state index in [0.717, 1.165) is 36.4 Å². The average Bonchev–Trinajstić information content (AvgIpc) is 3.27. The van der Waals surface area contributed by atoms with Gasteiger partial charge in [0.15, 0.2) is 29.6 Å². The molecule has 14 N–H and O–H groups in total. The summed E-state index contributed by atoms with van der Waals surface area (Å²) in [5, 5.41) is 146. The smallest absolute Gasteiger partial charge is 0.402 e. The molecule has 0 aliphatic carbocycles. The van der Waals surface area contributed by atoms with E-state index in [4.69, 9.17) is 37.6 Å². The number of esters is 1. The van der Waals surface area contributed by atoms with Crippen LogP contribution in [0.1, 0.15) is 12.5 Å². The molecule has 4 heterocycles. The number of aromatic hydroxyl groups is 5. The minimum atomic E-state index is -2.03. The molecule has 0 radical (unpaired) electrons. The Morgan fingerprint density at radius 2 is 1.25 bits per heavy atom. The second-order valence-corrected chi connectivity index (χ2v) is 15.5. The van der Waals surface area contributed by atoms with E-state index in [1.54, 1.807) is 0 Å². The number of phenols is 5. The van der Waals surface area contributed by atoms with Crippen molar-refractivity contribution in [2.75, 3.05) is 13.2 Å². The van der Waals surface area contributed by atoms with Gasteiger partial charge < -0.3 is 105 Å². The van der Waals surface area contributed by atoms with Crippen molar-refractivity contribution in [1.29, 1.82) is 0 Å². The number of carbonyl (C=O) groups excluding carboxylic acids is 1. The second-order valence-electron chi connectivity index (χ2n) is 15.5. The summed E-state index contributed by atoms with van der Waals surface area (Å²) in [6.45, 7) is -0.0677. The van der Waals surface area contributed by atoms with Crippen molar-refractivity contribution in [3.63, 3.8) is 0 Å². The van der Waals surface area contributed by atoms with Gasteiger partial charge in [-0.15, -0.1) is 0 Å². The summed E-state index contributed by atoms with van der Waals surface area (Å²) < 4.78 is 45.8. The Morgan fingerprint density at radius 3 is 1.88 bits per heavy atom. The van der Waals surface area contributed by atoms with Crippen LogP contribution in [0.5, 0.6) is 40.2 Å². The topological polar surface area (TPSA) is 376 Å². The number of ether oxygens (including phenoxy) is 7. The molecular formula is C42H47O23+. The first-order chi connectivity index (χ1) is 30.8. The molecule has 3 aliphatic rings. The number of hydrogen-bond acceptors (Lipinski definition) is 22. The van der Waals surface area contributed by atoms with Gasteiger partial charge >= 0.3 is 17.3 Å². The summed E-state index contributed by atoms with van der Waals surface area (Å²) in [5.41, 5.74) is 0.157. The zero-order valence-corrected chi connectivity index (χ0v) is 33.9. The van der Waals surface area contributed by atoms with Gasteiger partial charge in [0.05, 0.1) is 30.9 Å². The lowest BCUT2D eigenvalue weighted by Gasteiger charge is -2.42. The van der Waals surface area contributed by atoms with Crippen LogP contribution in [-0.2, 0) is 28.5 Å². The van der Waals surface area contributed by atoms with E-state index < -0.39 is 140 Å². The SMILES string of the molecule is C[C@@H]1O[C@H](OC[C@H]2O[C@@H](Oc3cc4c(O[C@@H]5O[C@H](CO)[C@@H](O)[C@H](O)[C@H]5O)cc(O)cc4[o+]c3-c3cc(O)c(O)c(O)c3)[C@H](O)[C@@H](O)[C@@H]2O)[C@H](O)[C@H](O)[C@H]1OC(=O)/C=C/c1ccc(O)cc1. The molecule has 0 spiro atoms. The zero-order chi connectivity index (χ0) is 47.0. The van der Waals surface area contributed by atoms with Crippen molar-refractivity contribution in [2.45, 2.75) is 99.0 Å². The van der Waals surface area contributed by atoms with Crippen LogP contribution in [0, 0.1) is 0 Å². The molecule has 0 amide bonds. The van der Waals surface area contributed by atoms with Crippen LogP contribution in [-0.4, -0.2) is 183 Å². The van der Waals surface area contributed by atoms with E-state index in [9.17, 15) is 76.3 Å². The number of hydrogen-bond donors (Lipinski definition) is 14. The number of aliphatic hydroxyl groups excluding tert-OH is 9. The molecule has 65 heavy (non-hydrogen) atoms. The van der Waals surface area contributed by atoms with Gasteiger partial charge in [-0.25, -0.2) is 9.21 Å². The molecule has 0 bridgehead atoms. The predicted molar refractivity (Wildman–Crippen MR) is 214 cm³/mol. The third-order valence-corrected chi connectivity index (χ3v) is 10.9. The van der Waals surface area contributed by atoms with Gasteiger partial charge in [0.2, 0.25) is 18.3 Å². The van der Waals surface area contributed by atoms with Crippen LogP contribution in [0.25, 0.3) is 28.4 Å². The number of benzene rings is 3. The lowest BCUT2D eigenvalue weighted by Crippen LogP contribution is -2.62. The van der Waals surface area contributed by atoms with Gasteiger partial charge in [0.1, 0.15) is 83.7 Å². The minimum absolute atomic E-state index is 0.0194. The number of fused-ring (bicyclic) bond motifs is 1. The molecular weight excluding hydrogens is 872 g/mol. The van der Waals surface area contributed by atoms with Crippen molar-refractivity contribution < 1.29 is 114 Å². The van der Waals surface area contributed by atoms with E-state index in [-0.39, 0.29) is 33.8 Å². The highest BCUT2D eigenvalue weighted by Gasteiger charge is 2.50. The fourth-order valence-electron chi connectivity index (χ4n) is 7.28. The van der Waals surface area contributed by atoms with Crippen LogP contribution in [0.2, 0.25) is 0 Å². The maximum absolute atomic E-state index is 12.6. The molecule has 0 saturated carbocycles. The monoisotopic (exact) mass is 919 g/mol. The molecule has 15 atom stereocenters. The molecule has 1 aromatic heterocycles. The summed E-state index contributed by atoms with van der Waals surface area (Å²) in [7, 11) is 0. The van der Waals surface area contributed by atoms with Crippen LogP contribution < -0.4 is 9.47 Å². The summed E-state index contributed by atoms with van der Waals surface area (Å²) in [6, 6.07) is 11.1. The standard InChI is InChI=1S/C42H46O23/c1-15-38(65-28(48)7-4-16-2-5-18(44)6-3-16)34(54)37(57)40(59-15)58-14-27-31(51)33(53)36(56)42(64-27)62-25-12-20-23(60-39(25)17-8-21(46)29(49)22(47)9-17)10-19(45)11-24(20)61-41-35(55)32(52)30(50)26(13-43)63-41/h2-12,15,26-27,30-38,40-43,50-57H,13-14H2,1H3,(H4-,44,45,46,47,48,49)/p+1/t15-,26+,27+,30+,31+,32-,33-,34-,35+,36+,37+,38-,40-,41+,42+/m0/s1. The Hall–Kier alpha value is -5.64. The Bertz CT molecular complexity index is 2320. The fourth-order valence-corrected chi connectivity index (χ4v) is 7.28. The average molecular weight is 920 g/mol. The van der Waals surface area contributed by atoms with Crippen molar-refractivity contribution >= 4 is 23.0 Å². The first-order valence-electron chi connectivity index (χ1n) is 19.9. The number of carbonyl (C=O) groups is 1. The van der Waals surface area contributed by atoms with E-state index in [2.05, 4.69) is 0 Å². The molecule has 3 fully saturated rings. The van der Waals surface area contributed by atoms with Crippen molar-refractivity contribution in [2.24, 2.45) is 0 Å². The van der Waals surface area contributed by atoms with E-state index in [1.165, 1.54) is 37.3 Å². The Kier molecular flexibility index (Phi) is 14.2. The van der Waals surface area contributed by atoms with Crippen molar-refractivity contribution in [3.8, 4) is 51.6 Å². The molecule has 3 saturated heterocycles. The van der Waals surface area contributed by atoms with Gasteiger partial charge in [-0.3, -0.25) is 0 Å². The van der Waals surface area contributed by atoms with Crippen LogP contribution in [0.15, 0.2) is 65.1 Å². The third-order valence-electron chi connectivity index (χ3n) is 10.9. The lowest BCUT2D eigenvalue weighted by atomic mass is 9.98. The largest absolute Gasteiger partial charge is 0.508 e. The van der Waals surface area contributed by atoms with Gasteiger partial charge in [-0.1, -0.05) is 12.1 Å². The maximum atomic E-state index is 12.6. The molecule has 0 unspecified atom stereocenters. The summed E-state index contributed by atoms with van der Waals surface area (Å²) in [4.78, 5) is 12.6. The second kappa shape index (κ2) is 19.4. The van der Waals surface area contributed by atoms with Crippen LogP contribution in [0.3, 0.4) is 0 Å². The Balaban J connectivity index is 1.12. The number of aliphatic hydroxyl groups is 9. The highest BCUT2D eigenvalue weighted by Crippen LogP contribution is 2.45. The van der Waals surface area contributed by atoms with Gasteiger partial charge in [0.25, 0.3) is 0 Å². The van der Waals surface area contributed by atoms with Gasteiger partial charge in [-0.2, -0.15) is 0 Å². The zero-order valence-electron chi connectivity index (χ0n) is 33.9. The van der Waals surface area contributed by atoms with E-state index in [1.807, 2.05) is 0 Å². The molecule has 352 valence electrons. The van der Waals surface area contributed by atoms with Crippen LogP contribution in [0.4, 0.5) is 0 Å². The lowest BCUT2D eigenvalue weighted by molar-refractivity contribution is -0.319. The Morgan fingerprint density at radius 1 is 0.662 bits per heavy atom. The highest BCUT2D eigenvalue weighted by molar-refractivity contribution is 5.89. The van der Waals surface area contributed by atoms with Gasteiger partial charge in [-0.05, 0) is 30.7 Å². The summed E-state index contributed by atoms with van der Waals surface area (Å²) >= 11 is 0. The van der Waals surface area contributed by atoms with Crippen LogP contribution >= 0.6 is 0 Å². The first-order valence-corrected chi connectivity index (χ1v) is 19.9. The number of rotatable bonds is 12. The number of phenolic OH excluding ortho intramolecular Hbond substituents is 5. The Labute approximate surface area is 366 Å². The molecule has 3 aliphatic heterocycles. The maximum Gasteiger partial charge on any atom is 0.402 e. The molecule has 3 aromatic carbocycles. The van der Waals surface area contributed by atoms with Gasteiger partial charge in [0, 0.05) is 30.3 Å². The molecule has 23 heteroatoms. The van der Waals surface area contributed by atoms with Crippen molar-refractivity contribution in [3.05, 3.63) is 66.2 Å². The molecule has 23 nitrogen and oxygen atoms in total. The fraction of sp³-hybridized carbons (Fsp3) is 0.429. The normalized spacial score (nSPS) is 32.9. The quantitative estimate of drug-likeness (QED) is 0.0329. The minimum Gasteiger partial charge on any atom is -0.508 e. The third kappa shape index (κ3) is 9.97.